The molecule has 0 bridgehead atoms. The van der Waals surface area contributed by atoms with Gasteiger partial charge in [-0.3, -0.25) is 14.7 Å². The highest BCUT2D eigenvalue weighted by Gasteiger charge is 2.22. The van der Waals surface area contributed by atoms with Crippen molar-refractivity contribution in [2.75, 3.05) is 6.54 Å². The normalized spacial score (nSPS) is 13.5. The van der Waals surface area contributed by atoms with Crippen molar-refractivity contribution in [1.82, 2.24) is 19.9 Å². The van der Waals surface area contributed by atoms with Crippen molar-refractivity contribution < 1.29 is 4.42 Å². The van der Waals surface area contributed by atoms with E-state index in [0.29, 0.717) is 42.2 Å². The van der Waals surface area contributed by atoms with E-state index < -0.39 is 0 Å². The van der Waals surface area contributed by atoms with Gasteiger partial charge < -0.3 is 9.40 Å². The van der Waals surface area contributed by atoms with Gasteiger partial charge in [-0.25, -0.2) is 4.98 Å². The maximum Gasteiger partial charge on any atom is 0.256 e. The standard InChI is InChI=1S/C24H19N5O2/c25-12-16-3-1-4-18(11-16)20-7-6-17(13-26-20)14-29-9-8-21-19(15-29)24(30)28-23(27-21)22-5-2-10-31-22/h1-7,10-11,13H,8-9,14-15H2,(H,27,28,30). The summed E-state index contributed by atoms with van der Waals surface area (Å²) in [6.07, 6.45) is 4.13. The number of benzene rings is 1. The molecule has 0 fully saturated rings. The first-order valence-electron chi connectivity index (χ1n) is 10.0. The molecule has 7 heteroatoms. The highest BCUT2D eigenvalue weighted by molar-refractivity contribution is 5.61. The van der Waals surface area contributed by atoms with Crippen molar-refractivity contribution in [3.63, 3.8) is 0 Å². The van der Waals surface area contributed by atoms with Gasteiger partial charge in [-0.2, -0.15) is 5.26 Å². The molecule has 1 N–H and O–H groups in total. The second-order valence-electron chi connectivity index (χ2n) is 7.52. The van der Waals surface area contributed by atoms with Crippen LogP contribution in [0.1, 0.15) is 22.4 Å². The smallest absolute Gasteiger partial charge is 0.256 e. The molecule has 1 aliphatic heterocycles. The van der Waals surface area contributed by atoms with Crippen LogP contribution in [0.3, 0.4) is 0 Å². The number of nitrogens with zero attached hydrogens (tertiary/aromatic N) is 4. The number of H-pyrrole nitrogens is 1. The van der Waals surface area contributed by atoms with Crippen LogP contribution in [0, 0.1) is 11.3 Å². The number of hydrogen-bond donors (Lipinski definition) is 1. The minimum absolute atomic E-state index is 0.119. The van der Waals surface area contributed by atoms with Gasteiger partial charge in [0.25, 0.3) is 5.56 Å². The predicted molar refractivity (Wildman–Crippen MR) is 115 cm³/mol. The molecule has 0 atom stereocenters. The highest BCUT2D eigenvalue weighted by Crippen LogP contribution is 2.22. The molecule has 4 heterocycles. The quantitative estimate of drug-likeness (QED) is 0.554. The molecule has 3 aromatic heterocycles. The molecule has 31 heavy (non-hydrogen) atoms. The molecule has 0 spiro atoms. The maximum atomic E-state index is 12.6. The molecular weight excluding hydrogens is 390 g/mol. The van der Waals surface area contributed by atoms with E-state index in [1.54, 1.807) is 24.5 Å². The Bertz CT molecular complexity index is 1320. The number of aromatic nitrogens is 3. The Morgan fingerprint density at radius 3 is 2.90 bits per heavy atom. The molecule has 4 aromatic rings. The van der Waals surface area contributed by atoms with Gasteiger partial charge in [-0.15, -0.1) is 0 Å². The van der Waals surface area contributed by atoms with E-state index in [1.807, 2.05) is 36.5 Å². The fourth-order valence-corrected chi connectivity index (χ4v) is 3.84. The molecule has 1 aromatic carbocycles. The maximum absolute atomic E-state index is 12.6. The predicted octanol–water partition coefficient (Wildman–Crippen LogP) is 3.52. The van der Waals surface area contributed by atoms with Crippen molar-refractivity contribution in [3.05, 3.63) is 93.7 Å². The first kappa shape index (κ1) is 19.0. The number of fused-ring (bicyclic) bond motifs is 1. The summed E-state index contributed by atoms with van der Waals surface area (Å²) < 4.78 is 5.35. The zero-order valence-corrected chi connectivity index (χ0v) is 16.7. The van der Waals surface area contributed by atoms with Crippen LogP contribution in [0.25, 0.3) is 22.8 Å². The zero-order chi connectivity index (χ0) is 21.2. The molecule has 1 aliphatic rings. The molecular formula is C24H19N5O2. The number of rotatable bonds is 4. The van der Waals surface area contributed by atoms with Gasteiger partial charge in [0, 0.05) is 37.8 Å². The van der Waals surface area contributed by atoms with Crippen LogP contribution in [0.4, 0.5) is 0 Å². The van der Waals surface area contributed by atoms with Gasteiger partial charge in [0.05, 0.1) is 34.8 Å². The molecule has 0 radical (unpaired) electrons. The molecule has 0 unspecified atom stereocenters. The van der Waals surface area contributed by atoms with Crippen molar-refractivity contribution in [2.45, 2.75) is 19.5 Å². The number of hydrogen-bond acceptors (Lipinski definition) is 6. The summed E-state index contributed by atoms with van der Waals surface area (Å²) in [7, 11) is 0. The number of nitrogens with one attached hydrogen (secondary N) is 1. The monoisotopic (exact) mass is 409 g/mol. The van der Waals surface area contributed by atoms with Gasteiger partial charge in [0.2, 0.25) is 0 Å². The summed E-state index contributed by atoms with van der Waals surface area (Å²) >= 11 is 0. The third kappa shape index (κ3) is 3.89. The van der Waals surface area contributed by atoms with Crippen LogP contribution >= 0.6 is 0 Å². The van der Waals surface area contributed by atoms with Crippen molar-refractivity contribution in [3.8, 4) is 28.9 Å². The van der Waals surface area contributed by atoms with Crippen molar-refractivity contribution >= 4 is 0 Å². The Morgan fingerprint density at radius 1 is 1.19 bits per heavy atom. The SMILES string of the molecule is N#Cc1cccc(-c2ccc(CN3CCc4nc(-c5ccco5)[nH]c(=O)c4C3)cn2)c1. The zero-order valence-electron chi connectivity index (χ0n) is 16.7. The van der Waals surface area contributed by atoms with Crippen LogP contribution in [0.15, 0.2) is 70.2 Å². The highest BCUT2D eigenvalue weighted by atomic mass is 16.3. The molecule has 7 nitrogen and oxygen atoms in total. The van der Waals surface area contributed by atoms with Gasteiger partial charge >= 0.3 is 0 Å². The van der Waals surface area contributed by atoms with E-state index in [0.717, 1.165) is 29.1 Å². The Balaban J connectivity index is 1.31. The minimum Gasteiger partial charge on any atom is -0.461 e. The second kappa shape index (κ2) is 8.01. The topological polar surface area (TPSA) is 98.8 Å². The van der Waals surface area contributed by atoms with Gasteiger partial charge in [-0.1, -0.05) is 18.2 Å². The van der Waals surface area contributed by atoms with Crippen molar-refractivity contribution in [2.24, 2.45) is 0 Å². The lowest BCUT2D eigenvalue weighted by Gasteiger charge is -2.27. The van der Waals surface area contributed by atoms with Crippen LogP contribution in [-0.4, -0.2) is 26.4 Å². The Kier molecular flexibility index (Phi) is 4.90. The molecule has 152 valence electrons. The summed E-state index contributed by atoms with van der Waals surface area (Å²) in [5.74, 6) is 1.04. The third-order valence-corrected chi connectivity index (χ3v) is 5.42. The Hall–Kier alpha value is -4.02. The van der Waals surface area contributed by atoms with Gasteiger partial charge in [-0.05, 0) is 35.9 Å². The molecule has 5 rings (SSSR count). The van der Waals surface area contributed by atoms with E-state index in [4.69, 9.17) is 9.68 Å². The summed E-state index contributed by atoms with van der Waals surface area (Å²) in [5, 5.41) is 9.08. The van der Waals surface area contributed by atoms with Gasteiger partial charge in [0.15, 0.2) is 11.6 Å². The molecule has 0 saturated heterocycles. The summed E-state index contributed by atoms with van der Waals surface area (Å²) in [6, 6.07) is 17.1. The number of aromatic amines is 1. The van der Waals surface area contributed by atoms with E-state index in [1.165, 1.54) is 0 Å². The Morgan fingerprint density at radius 2 is 2.13 bits per heavy atom. The van der Waals surface area contributed by atoms with Crippen LogP contribution < -0.4 is 5.56 Å². The third-order valence-electron chi connectivity index (χ3n) is 5.42. The largest absolute Gasteiger partial charge is 0.461 e. The fraction of sp³-hybridized carbons (Fsp3) is 0.167. The van der Waals surface area contributed by atoms with Crippen LogP contribution in [0.5, 0.6) is 0 Å². The minimum atomic E-state index is -0.119. The lowest BCUT2D eigenvalue weighted by Crippen LogP contribution is -2.35. The average molecular weight is 409 g/mol. The summed E-state index contributed by atoms with van der Waals surface area (Å²) in [4.78, 5) is 26.9. The van der Waals surface area contributed by atoms with E-state index >= 15 is 0 Å². The van der Waals surface area contributed by atoms with E-state index in [2.05, 4.69) is 25.9 Å². The fourth-order valence-electron chi connectivity index (χ4n) is 3.84. The van der Waals surface area contributed by atoms with Crippen molar-refractivity contribution in [1.29, 1.82) is 5.26 Å². The van der Waals surface area contributed by atoms with Gasteiger partial charge in [0.1, 0.15) is 0 Å². The lowest BCUT2D eigenvalue weighted by atomic mass is 10.1. The van der Waals surface area contributed by atoms with Crippen LogP contribution in [0.2, 0.25) is 0 Å². The first-order valence-corrected chi connectivity index (χ1v) is 10.0. The molecule has 0 amide bonds. The number of furan rings is 1. The lowest BCUT2D eigenvalue weighted by molar-refractivity contribution is 0.241. The average Bonchev–Trinajstić information content (AvgIpc) is 3.35. The van der Waals surface area contributed by atoms with E-state index in [9.17, 15) is 4.79 Å². The molecule has 0 aliphatic carbocycles. The number of pyridine rings is 1. The van der Waals surface area contributed by atoms with Crippen LogP contribution in [-0.2, 0) is 19.5 Å². The summed E-state index contributed by atoms with van der Waals surface area (Å²) in [6.45, 7) is 2.05. The Labute approximate surface area is 178 Å². The summed E-state index contributed by atoms with van der Waals surface area (Å²) in [5.41, 5.74) is 4.85. The number of nitriles is 1. The second-order valence-corrected chi connectivity index (χ2v) is 7.52. The molecule has 0 saturated carbocycles. The first-order chi connectivity index (χ1) is 15.2. The van der Waals surface area contributed by atoms with E-state index in [-0.39, 0.29) is 5.56 Å².